The summed E-state index contributed by atoms with van der Waals surface area (Å²) >= 11 is 0. The number of carbonyl (C=O) groups is 2. The summed E-state index contributed by atoms with van der Waals surface area (Å²) in [5.74, 6) is -0.974. The number of carbonyl (C=O) groups excluding carboxylic acids is 1. The highest BCUT2D eigenvalue weighted by atomic mass is 16.4. The lowest BCUT2D eigenvalue weighted by Gasteiger charge is -2.28. The van der Waals surface area contributed by atoms with Crippen molar-refractivity contribution in [1.82, 2.24) is 4.90 Å². The molecule has 1 aromatic carbocycles. The molecule has 21 heavy (non-hydrogen) atoms. The molecular weight excluding hydrogens is 268 g/mol. The molecule has 0 unspecified atom stereocenters. The molecule has 0 bridgehead atoms. The molecule has 0 atom stereocenters. The summed E-state index contributed by atoms with van der Waals surface area (Å²) in [6, 6.07) is 5.42. The number of rotatable bonds is 4. The van der Waals surface area contributed by atoms with Gasteiger partial charge in [0.25, 0.3) is 0 Å². The molecule has 0 heterocycles. The molecule has 0 saturated heterocycles. The predicted molar refractivity (Wildman–Crippen MR) is 81.5 cm³/mol. The first-order valence-corrected chi connectivity index (χ1v) is 7.34. The van der Waals surface area contributed by atoms with Crippen LogP contribution in [0.5, 0.6) is 0 Å². The van der Waals surface area contributed by atoms with Crippen LogP contribution in [-0.4, -0.2) is 34.6 Å². The van der Waals surface area contributed by atoms with Crippen LogP contribution in [0.3, 0.4) is 0 Å². The van der Waals surface area contributed by atoms with Crippen molar-refractivity contribution in [2.75, 3.05) is 11.9 Å². The number of hydrogen-bond donors (Lipinski definition) is 2. The molecular formula is C16H22N2O3. The molecule has 0 radical (unpaired) electrons. The van der Waals surface area contributed by atoms with Gasteiger partial charge in [0, 0.05) is 11.7 Å². The number of hydrogen-bond acceptors (Lipinski definition) is 2. The Hall–Kier alpha value is -2.04. The second-order valence-electron chi connectivity index (χ2n) is 5.64. The average Bonchev–Trinajstić information content (AvgIpc) is 2.94. The van der Waals surface area contributed by atoms with Gasteiger partial charge in [-0.05, 0) is 43.9 Å². The SMILES string of the molecule is Cc1cccc(NC(=O)N(CC(=O)O)C2CCCC2)c1C. The van der Waals surface area contributed by atoms with Crippen LogP contribution in [0.2, 0.25) is 0 Å². The molecule has 5 nitrogen and oxygen atoms in total. The quantitative estimate of drug-likeness (QED) is 0.895. The highest BCUT2D eigenvalue weighted by Gasteiger charge is 2.28. The molecule has 2 N–H and O–H groups in total. The fourth-order valence-electron chi connectivity index (χ4n) is 2.80. The summed E-state index contributed by atoms with van der Waals surface area (Å²) in [5, 5.41) is 11.9. The fraction of sp³-hybridized carbons (Fsp3) is 0.500. The molecule has 114 valence electrons. The zero-order valence-corrected chi connectivity index (χ0v) is 12.6. The number of carboxylic acid groups (broad SMARTS) is 1. The lowest BCUT2D eigenvalue weighted by atomic mass is 10.1. The summed E-state index contributed by atoms with van der Waals surface area (Å²) in [7, 11) is 0. The van der Waals surface area contributed by atoms with E-state index in [1.54, 1.807) is 0 Å². The predicted octanol–water partition coefficient (Wildman–Crippen LogP) is 3.16. The molecule has 0 aliphatic heterocycles. The minimum atomic E-state index is -0.974. The molecule has 5 heteroatoms. The van der Waals surface area contributed by atoms with Crippen LogP contribution < -0.4 is 5.32 Å². The molecule has 0 aromatic heterocycles. The van der Waals surface area contributed by atoms with Gasteiger partial charge in [-0.1, -0.05) is 25.0 Å². The van der Waals surface area contributed by atoms with Crippen LogP contribution in [-0.2, 0) is 4.79 Å². The zero-order valence-electron chi connectivity index (χ0n) is 12.6. The Morgan fingerprint density at radius 2 is 1.95 bits per heavy atom. The maximum Gasteiger partial charge on any atom is 0.323 e. The Bertz CT molecular complexity index is 536. The van der Waals surface area contributed by atoms with E-state index < -0.39 is 5.97 Å². The topological polar surface area (TPSA) is 69.6 Å². The largest absolute Gasteiger partial charge is 0.480 e. The summed E-state index contributed by atoms with van der Waals surface area (Å²) in [5.41, 5.74) is 2.85. The van der Waals surface area contributed by atoms with Crippen molar-refractivity contribution in [2.24, 2.45) is 0 Å². The third kappa shape index (κ3) is 3.74. The number of nitrogens with one attached hydrogen (secondary N) is 1. The van der Waals surface area contributed by atoms with Crippen LogP contribution in [0.1, 0.15) is 36.8 Å². The summed E-state index contributed by atoms with van der Waals surface area (Å²) < 4.78 is 0. The lowest BCUT2D eigenvalue weighted by Crippen LogP contribution is -2.44. The number of anilines is 1. The van der Waals surface area contributed by atoms with Gasteiger partial charge < -0.3 is 15.3 Å². The minimum absolute atomic E-state index is 0.0335. The van der Waals surface area contributed by atoms with Crippen molar-refractivity contribution in [3.63, 3.8) is 0 Å². The van der Waals surface area contributed by atoms with Crippen molar-refractivity contribution in [1.29, 1.82) is 0 Å². The molecule has 1 fully saturated rings. The smallest absolute Gasteiger partial charge is 0.323 e. The number of aliphatic carboxylic acids is 1. The molecule has 1 aromatic rings. The van der Waals surface area contributed by atoms with E-state index in [2.05, 4.69) is 5.32 Å². The second kappa shape index (κ2) is 6.61. The van der Waals surface area contributed by atoms with E-state index in [1.807, 2.05) is 32.0 Å². The van der Waals surface area contributed by atoms with Crippen molar-refractivity contribution < 1.29 is 14.7 Å². The lowest BCUT2D eigenvalue weighted by molar-refractivity contribution is -0.138. The third-order valence-electron chi connectivity index (χ3n) is 4.18. The van der Waals surface area contributed by atoms with Gasteiger partial charge in [0.2, 0.25) is 0 Å². The van der Waals surface area contributed by atoms with Crippen molar-refractivity contribution in [2.45, 2.75) is 45.6 Å². The summed E-state index contributed by atoms with van der Waals surface area (Å²) in [6.07, 6.45) is 3.87. The highest BCUT2D eigenvalue weighted by molar-refractivity contribution is 5.92. The fourth-order valence-corrected chi connectivity index (χ4v) is 2.80. The highest BCUT2D eigenvalue weighted by Crippen LogP contribution is 2.25. The van der Waals surface area contributed by atoms with E-state index >= 15 is 0 Å². The number of benzene rings is 1. The molecule has 1 saturated carbocycles. The van der Waals surface area contributed by atoms with Gasteiger partial charge in [0.1, 0.15) is 6.54 Å². The number of aryl methyl sites for hydroxylation is 1. The van der Waals surface area contributed by atoms with Crippen molar-refractivity contribution in [3.05, 3.63) is 29.3 Å². The van der Waals surface area contributed by atoms with Crippen LogP contribution in [0, 0.1) is 13.8 Å². The number of urea groups is 1. The van der Waals surface area contributed by atoms with Crippen molar-refractivity contribution in [3.8, 4) is 0 Å². The van der Waals surface area contributed by atoms with E-state index in [4.69, 9.17) is 5.11 Å². The van der Waals surface area contributed by atoms with Gasteiger partial charge >= 0.3 is 12.0 Å². The van der Waals surface area contributed by atoms with Crippen LogP contribution in [0.25, 0.3) is 0 Å². The Balaban J connectivity index is 2.14. The second-order valence-corrected chi connectivity index (χ2v) is 5.64. The summed E-state index contributed by atoms with van der Waals surface area (Å²) in [6.45, 7) is 3.68. The monoisotopic (exact) mass is 290 g/mol. The third-order valence-corrected chi connectivity index (χ3v) is 4.18. The normalized spacial score (nSPS) is 15.0. The first-order chi connectivity index (χ1) is 9.99. The molecule has 2 rings (SSSR count). The van der Waals surface area contributed by atoms with Crippen LogP contribution >= 0.6 is 0 Å². The zero-order chi connectivity index (χ0) is 15.4. The van der Waals surface area contributed by atoms with E-state index in [1.165, 1.54) is 4.90 Å². The Morgan fingerprint density at radius 1 is 1.29 bits per heavy atom. The summed E-state index contributed by atoms with van der Waals surface area (Å²) in [4.78, 5) is 24.9. The van der Waals surface area contributed by atoms with E-state index in [0.717, 1.165) is 42.5 Å². The van der Waals surface area contributed by atoms with Crippen LogP contribution in [0.4, 0.5) is 10.5 Å². The van der Waals surface area contributed by atoms with E-state index in [0.29, 0.717) is 0 Å². The van der Waals surface area contributed by atoms with E-state index in [-0.39, 0.29) is 18.6 Å². The number of carboxylic acids is 1. The van der Waals surface area contributed by atoms with Crippen LogP contribution in [0.15, 0.2) is 18.2 Å². The Labute approximate surface area is 125 Å². The molecule has 0 spiro atoms. The van der Waals surface area contributed by atoms with Gasteiger partial charge in [-0.2, -0.15) is 0 Å². The van der Waals surface area contributed by atoms with Gasteiger partial charge in [0.15, 0.2) is 0 Å². The standard InChI is InChI=1S/C16H22N2O3/c1-11-6-5-9-14(12(11)2)17-16(21)18(10-15(19)20)13-7-3-4-8-13/h5-6,9,13H,3-4,7-8,10H2,1-2H3,(H,17,21)(H,19,20). The Kier molecular flexibility index (Phi) is 4.83. The number of amides is 2. The van der Waals surface area contributed by atoms with Gasteiger partial charge in [-0.15, -0.1) is 0 Å². The molecule has 1 aliphatic rings. The average molecular weight is 290 g/mol. The maximum absolute atomic E-state index is 12.5. The van der Waals surface area contributed by atoms with Gasteiger partial charge in [0.05, 0.1) is 0 Å². The van der Waals surface area contributed by atoms with Gasteiger partial charge in [-0.25, -0.2) is 4.79 Å². The maximum atomic E-state index is 12.5. The Morgan fingerprint density at radius 3 is 2.57 bits per heavy atom. The first-order valence-electron chi connectivity index (χ1n) is 7.34. The van der Waals surface area contributed by atoms with E-state index in [9.17, 15) is 9.59 Å². The van der Waals surface area contributed by atoms with Crippen molar-refractivity contribution >= 4 is 17.7 Å². The van der Waals surface area contributed by atoms with Gasteiger partial charge in [-0.3, -0.25) is 4.79 Å². The molecule has 1 aliphatic carbocycles. The molecule has 2 amide bonds. The minimum Gasteiger partial charge on any atom is -0.480 e. The number of nitrogens with zero attached hydrogens (tertiary/aromatic N) is 1. The first kappa shape index (κ1) is 15.4.